The van der Waals surface area contributed by atoms with Gasteiger partial charge in [-0.05, 0) is 53.0 Å². The van der Waals surface area contributed by atoms with Crippen molar-refractivity contribution in [3.63, 3.8) is 0 Å². The summed E-state index contributed by atoms with van der Waals surface area (Å²) in [6.45, 7) is 3.68. The van der Waals surface area contributed by atoms with Crippen molar-refractivity contribution < 1.29 is 4.52 Å². The number of aromatic nitrogens is 2. The van der Waals surface area contributed by atoms with Crippen molar-refractivity contribution in [2.75, 3.05) is 7.05 Å². The maximum absolute atomic E-state index is 5.34. The lowest BCUT2D eigenvalue weighted by molar-refractivity contribution is 0.262. The van der Waals surface area contributed by atoms with Crippen molar-refractivity contribution in [3.05, 3.63) is 43.7 Å². The molecule has 0 amide bonds. The fourth-order valence-electron chi connectivity index (χ4n) is 1.95. The van der Waals surface area contributed by atoms with Crippen LogP contribution in [0.25, 0.3) is 10.7 Å². The average Bonchev–Trinajstić information content (AvgIpc) is 3.13. The summed E-state index contributed by atoms with van der Waals surface area (Å²) in [6, 6.07) is 4.14. The predicted molar refractivity (Wildman–Crippen MR) is 89.5 cm³/mol. The summed E-state index contributed by atoms with van der Waals surface area (Å²) in [6.07, 6.45) is 0. The average molecular weight is 384 g/mol. The third kappa shape index (κ3) is 3.60. The maximum Gasteiger partial charge on any atom is 0.241 e. The molecule has 0 radical (unpaired) electrons. The number of thiophene rings is 2. The monoisotopic (exact) mass is 383 g/mol. The van der Waals surface area contributed by atoms with Crippen molar-refractivity contribution >= 4 is 38.6 Å². The fraction of sp³-hybridized carbons (Fsp3) is 0.286. The number of nitrogens with zero attached hydrogens (tertiary/aromatic N) is 3. The Balaban J connectivity index is 1.65. The van der Waals surface area contributed by atoms with Gasteiger partial charge in [0.1, 0.15) is 0 Å². The smallest absolute Gasteiger partial charge is 0.241 e. The van der Waals surface area contributed by atoms with Gasteiger partial charge in [0.25, 0.3) is 0 Å². The summed E-state index contributed by atoms with van der Waals surface area (Å²) in [5.74, 6) is 1.30. The fourth-order valence-corrected chi connectivity index (χ4v) is 4.28. The lowest BCUT2D eigenvalue weighted by Crippen LogP contribution is -2.17. The molecule has 0 aliphatic heterocycles. The molecule has 0 saturated heterocycles. The van der Waals surface area contributed by atoms with E-state index in [0.29, 0.717) is 18.3 Å². The first-order valence-electron chi connectivity index (χ1n) is 6.40. The van der Waals surface area contributed by atoms with Gasteiger partial charge >= 0.3 is 0 Å². The van der Waals surface area contributed by atoms with Crippen LogP contribution in [0.1, 0.15) is 16.3 Å². The molecule has 0 bridgehead atoms. The minimum absolute atomic E-state index is 0.645. The number of halogens is 1. The Morgan fingerprint density at radius 1 is 1.33 bits per heavy atom. The van der Waals surface area contributed by atoms with Crippen LogP contribution in [0.15, 0.2) is 31.9 Å². The molecule has 0 spiro atoms. The summed E-state index contributed by atoms with van der Waals surface area (Å²) in [4.78, 5) is 9.02. The Kier molecular flexibility index (Phi) is 4.54. The van der Waals surface area contributed by atoms with Gasteiger partial charge in [-0.15, -0.1) is 22.7 Å². The highest BCUT2D eigenvalue weighted by atomic mass is 79.9. The van der Waals surface area contributed by atoms with Crippen LogP contribution in [0.4, 0.5) is 0 Å². The zero-order valence-electron chi connectivity index (χ0n) is 11.7. The SMILES string of the molecule is Cc1ccsc1CN(C)Cc1nc(-c2cc(Br)cs2)no1. The standard InChI is InChI=1S/C14H14BrN3OS2/c1-9-3-4-20-12(9)6-18(2)7-13-16-14(17-19-13)11-5-10(15)8-21-11/h3-5,8H,6-7H2,1-2H3. The Labute approximate surface area is 139 Å². The summed E-state index contributed by atoms with van der Waals surface area (Å²) in [5.41, 5.74) is 1.33. The molecule has 0 saturated carbocycles. The van der Waals surface area contributed by atoms with Crippen LogP contribution in [0, 0.1) is 6.92 Å². The van der Waals surface area contributed by atoms with E-state index < -0.39 is 0 Å². The number of aryl methyl sites for hydroxylation is 1. The first-order valence-corrected chi connectivity index (χ1v) is 8.95. The van der Waals surface area contributed by atoms with Gasteiger partial charge in [0.05, 0.1) is 11.4 Å². The van der Waals surface area contributed by atoms with E-state index in [2.05, 4.69) is 56.4 Å². The van der Waals surface area contributed by atoms with Crippen molar-refractivity contribution in [2.24, 2.45) is 0 Å². The molecule has 110 valence electrons. The highest BCUT2D eigenvalue weighted by Crippen LogP contribution is 2.28. The summed E-state index contributed by atoms with van der Waals surface area (Å²) < 4.78 is 6.38. The van der Waals surface area contributed by atoms with E-state index >= 15 is 0 Å². The number of rotatable bonds is 5. The predicted octanol–water partition coefficient (Wildman–Crippen LogP) is 4.56. The third-order valence-corrected chi connectivity index (χ3v) is 5.74. The van der Waals surface area contributed by atoms with E-state index in [-0.39, 0.29) is 0 Å². The Bertz CT molecular complexity index is 734. The largest absolute Gasteiger partial charge is 0.338 e. The van der Waals surface area contributed by atoms with E-state index in [1.807, 2.05) is 11.4 Å². The topological polar surface area (TPSA) is 42.2 Å². The van der Waals surface area contributed by atoms with Crippen molar-refractivity contribution in [2.45, 2.75) is 20.0 Å². The quantitative estimate of drug-likeness (QED) is 0.647. The normalized spacial score (nSPS) is 11.4. The zero-order chi connectivity index (χ0) is 14.8. The van der Waals surface area contributed by atoms with Crippen LogP contribution in [0.5, 0.6) is 0 Å². The molecular weight excluding hydrogens is 370 g/mol. The Morgan fingerprint density at radius 3 is 2.86 bits per heavy atom. The van der Waals surface area contributed by atoms with Crippen molar-refractivity contribution in [3.8, 4) is 10.7 Å². The second-order valence-corrected chi connectivity index (χ2v) is 7.67. The van der Waals surface area contributed by atoms with Gasteiger partial charge in [-0.2, -0.15) is 4.98 Å². The van der Waals surface area contributed by atoms with Gasteiger partial charge in [-0.25, -0.2) is 0 Å². The summed E-state index contributed by atoms with van der Waals surface area (Å²) >= 11 is 6.81. The molecule has 3 aromatic rings. The molecule has 0 aromatic carbocycles. The van der Waals surface area contributed by atoms with Gasteiger partial charge in [0.15, 0.2) is 0 Å². The summed E-state index contributed by atoms with van der Waals surface area (Å²) in [5, 5.41) is 8.18. The third-order valence-electron chi connectivity index (χ3n) is 3.04. The molecule has 21 heavy (non-hydrogen) atoms. The molecule has 0 atom stereocenters. The van der Waals surface area contributed by atoms with Gasteiger partial charge in [-0.3, -0.25) is 4.90 Å². The van der Waals surface area contributed by atoms with Crippen LogP contribution in [0.3, 0.4) is 0 Å². The first-order chi connectivity index (χ1) is 10.1. The maximum atomic E-state index is 5.34. The second kappa shape index (κ2) is 6.39. The van der Waals surface area contributed by atoms with Gasteiger partial charge in [0.2, 0.25) is 11.7 Å². The molecule has 0 unspecified atom stereocenters. The van der Waals surface area contributed by atoms with Crippen molar-refractivity contribution in [1.82, 2.24) is 15.0 Å². The van der Waals surface area contributed by atoms with Crippen LogP contribution >= 0.6 is 38.6 Å². The lowest BCUT2D eigenvalue weighted by Gasteiger charge is -2.13. The van der Waals surface area contributed by atoms with E-state index in [0.717, 1.165) is 15.9 Å². The van der Waals surface area contributed by atoms with Crippen LogP contribution in [-0.2, 0) is 13.1 Å². The molecule has 0 aliphatic rings. The Morgan fingerprint density at radius 2 is 2.19 bits per heavy atom. The Hall–Kier alpha value is -1.02. The van der Waals surface area contributed by atoms with Gasteiger partial charge in [0, 0.05) is 21.3 Å². The van der Waals surface area contributed by atoms with E-state index in [4.69, 9.17) is 4.52 Å². The first kappa shape index (κ1) is 14.9. The number of hydrogen-bond acceptors (Lipinski definition) is 6. The number of hydrogen-bond donors (Lipinski definition) is 0. The molecule has 7 heteroatoms. The molecule has 0 N–H and O–H groups in total. The molecule has 0 fully saturated rings. The van der Waals surface area contributed by atoms with Crippen molar-refractivity contribution in [1.29, 1.82) is 0 Å². The minimum atomic E-state index is 0.645. The van der Waals surface area contributed by atoms with Gasteiger partial charge in [-0.1, -0.05) is 5.16 Å². The zero-order valence-corrected chi connectivity index (χ0v) is 14.9. The van der Waals surface area contributed by atoms with Crippen LogP contribution < -0.4 is 0 Å². The highest BCUT2D eigenvalue weighted by Gasteiger charge is 2.13. The molecule has 4 nitrogen and oxygen atoms in total. The minimum Gasteiger partial charge on any atom is -0.338 e. The van der Waals surface area contributed by atoms with E-state index in [9.17, 15) is 0 Å². The highest BCUT2D eigenvalue weighted by molar-refractivity contribution is 9.10. The van der Waals surface area contributed by atoms with Gasteiger partial charge < -0.3 is 4.52 Å². The lowest BCUT2D eigenvalue weighted by atomic mass is 10.3. The van der Waals surface area contributed by atoms with E-state index in [1.165, 1.54) is 10.4 Å². The van der Waals surface area contributed by atoms with Crippen LogP contribution in [0.2, 0.25) is 0 Å². The molecule has 3 aromatic heterocycles. The molecule has 3 rings (SSSR count). The second-order valence-electron chi connectivity index (χ2n) is 4.84. The molecule has 0 aliphatic carbocycles. The van der Waals surface area contributed by atoms with E-state index in [1.54, 1.807) is 22.7 Å². The molecular formula is C14H14BrN3OS2. The summed E-state index contributed by atoms with van der Waals surface area (Å²) in [7, 11) is 2.06. The molecule has 3 heterocycles. The van der Waals surface area contributed by atoms with Crippen LogP contribution in [-0.4, -0.2) is 22.1 Å².